The zero-order valence-electron chi connectivity index (χ0n) is 55.7. The summed E-state index contributed by atoms with van der Waals surface area (Å²) in [5, 5.41) is 216. The molecule has 34 nitrogen and oxygen atoms in total. The predicted molar refractivity (Wildman–Crippen MR) is 322 cm³/mol. The van der Waals surface area contributed by atoms with Gasteiger partial charge in [0.05, 0.1) is 58.5 Å². The van der Waals surface area contributed by atoms with Gasteiger partial charge >= 0.3 is 0 Å². The molecule has 11 aliphatic rings. The van der Waals surface area contributed by atoms with Crippen molar-refractivity contribution < 1.29 is 168 Å². The van der Waals surface area contributed by atoms with Gasteiger partial charge in [0.25, 0.3) is 0 Å². The lowest BCUT2D eigenvalue weighted by molar-refractivity contribution is -0.411. The molecule has 0 aromatic heterocycles. The summed E-state index contributed by atoms with van der Waals surface area (Å²) in [6.45, 7) is 3.96. The number of rotatable bonds is 23. The number of ether oxygens (including phenoxy) is 14. The first-order valence-corrected chi connectivity index (χ1v) is 34.8. The first-order chi connectivity index (χ1) is 46.6. The molecule has 42 atom stereocenters. The smallest absolute Gasteiger partial charge is 0.187 e. The van der Waals surface area contributed by atoms with Crippen LogP contribution in [0.2, 0.25) is 0 Å². The molecule has 568 valence electrons. The van der Waals surface area contributed by atoms with Gasteiger partial charge in [-0.1, -0.05) is 27.7 Å². The van der Waals surface area contributed by atoms with Gasteiger partial charge in [-0.2, -0.15) is 0 Å². The van der Waals surface area contributed by atoms with Crippen LogP contribution in [0, 0.1) is 52.3 Å². The fourth-order valence-electron chi connectivity index (χ4n) is 18.9. The summed E-state index contributed by atoms with van der Waals surface area (Å²) < 4.78 is 85.0. The highest BCUT2D eigenvalue weighted by Gasteiger charge is 2.69. The van der Waals surface area contributed by atoms with Crippen molar-refractivity contribution in [2.24, 2.45) is 52.3 Å². The van der Waals surface area contributed by atoms with Crippen molar-refractivity contribution in [3.63, 3.8) is 0 Å². The van der Waals surface area contributed by atoms with Crippen molar-refractivity contribution in [1.29, 1.82) is 0 Å². The molecule has 0 bridgehead atoms. The molecule has 7 heterocycles. The van der Waals surface area contributed by atoms with Crippen LogP contribution in [0.1, 0.15) is 91.9 Å². The van der Waals surface area contributed by atoms with Crippen LogP contribution in [-0.2, 0) is 66.3 Å². The highest BCUT2D eigenvalue weighted by atomic mass is 16.8. The molecule has 0 aromatic carbocycles. The van der Waals surface area contributed by atoms with Crippen molar-refractivity contribution in [1.82, 2.24) is 0 Å². The maximum atomic E-state index is 12.1. The van der Waals surface area contributed by atoms with E-state index in [1.165, 1.54) is 0 Å². The Kier molecular flexibility index (Phi) is 25.1. The van der Waals surface area contributed by atoms with E-state index < -0.39 is 236 Å². The van der Waals surface area contributed by atoms with E-state index in [0.717, 1.165) is 38.5 Å². The summed E-state index contributed by atoms with van der Waals surface area (Å²) in [7, 11) is 1.70. The van der Waals surface area contributed by atoms with Gasteiger partial charge in [0.2, 0.25) is 0 Å². The summed E-state index contributed by atoms with van der Waals surface area (Å²) >= 11 is 0. The molecular formula is C64H108O34. The van der Waals surface area contributed by atoms with Crippen LogP contribution in [0.3, 0.4) is 0 Å². The van der Waals surface area contributed by atoms with Crippen LogP contribution in [0.4, 0.5) is 0 Å². The highest BCUT2D eigenvalue weighted by molar-refractivity contribution is 5.16. The Morgan fingerprint density at radius 2 is 0.867 bits per heavy atom. The minimum absolute atomic E-state index is 0.0150. The monoisotopic (exact) mass is 1420 g/mol. The number of hydrogen-bond acceptors (Lipinski definition) is 34. The molecule has 0 radical (unpaired) electrons. The van der Waals surface area contributed by atoms with Crippen molar-refractivity contribution in [2.45, 2.75) is 294 Å². The molecule has 11 fully saturated rings. The summed E-state index contributed by atoms with van der Waals surface area (Å²) in [5.74, 6) is 0.917. The van der Waals surface area contributed by atoms with Crippen molar-refractivity contribution >= 4 is 0 Å². The summed E-state index contributed by atoms with van der Waals surface area (Å²) in [6, 6.07) is 0. The molecule has 4 saturated carbocycles. The van der Waals surface area contributed by atoms with Crippen molar-refractivity contribution in [3.05, 3.63) is 0 Å². The average Bonchev–Trinajstić information content (AvgIpc) is 1.45. The van der Waals surface area contributed by atoms with Crippen molar-refractivity contribution in [3.8, 4) is 0 Å². The minimum Gasteiger partial charge on any atom is -0.394 e. The zero-order chi connectivity index (χ0) is 70.9. The Bertz CT molecular complexity index is 2530. The lowest BCUT2D eigenvalue weighted by Gasteiger charge is -2.61. The topological polar surface area (TPSA) is 534 Å². The van der Waals surface area contributed by atoms with Crippen LogP contribution < -0.4 is 0 Å². The molecule has 34 heteroatoms. The molecule has 11 rings (SSSR count). The van der Waals surface area contributed by atoms with E-state index in [0.29, 0.717) is 43.4 Å². The standard InChI is InChI=1S/C64H108O34/c1-23(22-86-56-47(80)43(76)38(71)31(16-65)88-56)8-13-64(85-5)24(2)37-30(98-64)15-29-27-7-6-25-14-26(9-11-62(25,3)28(27)10-12-63(29,37)4)87-57-50(83)46(79)52(36(21-70)93-57)94-61-55(54(42(75)35(20-69)92-61)96-59-49(82)45(78)40(73)33(18-67)90-59)97-60-51(84)53(41(74)34(19-68)91-60)95-58-48(81)44(77)39(72)32(17-66)89-58/h23-61,65-84H,6-22H2,1-5H3/t23-,24+,25+,26+,27-,28+,29+,30+,31-,32-,33-,34-,35-,36-,37+,38-,39-,40-,41-,42-,43+,44+,45+,46-,47-,48-,49-,50-,51-,52+,53+,54+,55-,56-,57-,58+,59+,60+,61+,62+,63+,64?/m1/s1. The van der Waals surface area contributed by atoms with Gasteiger partial charge in [-0.25, -0.2) is 0 Å². The largest absolute Gasteiger partial charge is 0.394 e. The molecule has 7 saturated heterocycles. The van der Waals surface area contributed by atoms with E-state index >= 15 is 0 Å². The lowest BCUT2D eigenvalue weighted by atomic mass is 9.44. The predicted octanol–water partition coefficient (Wildman–Crippen LogP) is -7.65. The van der Waals surface area contributed by atoms with E-state index in [9.17, 15) is 102 Å². The summed E-state index contributed by atoms with van der Waals surface area (Å²) in [4.78, 5) is 0. The van der Waals surface area contributed by atoms with Gasteiger partial charge < -0.3 is 168 Å². The lowest BCUT2D eigenvalue weighted by Crippen LogP contribution is -2.69. The molecule has 1 unspecified atom stereocenters. The highest BCUT2D eigenvalue weighted by Crippen LogP contribution is 2.71. The summed E-state index contributed by atoms with van der Waals surface area (Å²) in [6.07, 6.45) is -47.2. The number of methoxy groups -OCH3 is 1. The van der Waals surface area contributed by atoms with Crippen LogP contribution in [0.15, 0.2) is 0 Å². The van der Waals surface area contributed by atoms with E-state index in [-0.39, 0.29) is 47.2 Å². The van der Waals surface area contributed by atoms with E-state index in [1.54, 1.807) is 7.11 Å². The van der Waals surface area contributed by atoms with E-state index in [4.69, 9.17) is 66.3 Å². The Morgan fingerprint density at radius 1 is 0.418 bits per heavy atom. The maximum Gasteiger partial charge on any atom is 0.187 e. The minimum atomic E-state index is -2.24. The molecule has 20 N–H and O–H groups in total. The van der Waals surface area contributed by atoms with Gasteiger partial charge in [0.1, 0.15) is 146 Å². The molecule has 4 aliphatic carbocycles. The normalized spacial score (nSPS) is 54.7. The second-order valence-electron chi connectivity index (χ2n) is 30.1. The van der Waals surface area contributed by atoms with E-state index in [1.807, 2.05) is 6.92 Å². The zero-order valence-corrected chi connectivity index (χ0v) is 55.7. The van der Waals surface area contributed by atoms with Crippen molar-refractivity contribution in [2.75, 3.05) is 53.4 Å². The Labute approximate surface area is 566 Å². The number of fused-ring (bicyclic) bond motifs is 7. The molecular weight excluding hydrogens is 1310 g/mol. The second kappa shape index (κ2) is 31.6. The third-order valence-corrected chi connectivity index (χ3v) is 24.6. The Morgan fingerprint density at radius 3 is 1.43 bits per heavy atom. The second-order valence-corrected chi connectivity index (χ2v) is 30.1. The average molecular weight is 1420 g/mol. The number of aliphatic hydroxyl groups is 20. The number of hydrogen-bond donors (Lipinski definition) is 20. The molecule has 0 aromatic rings. The Hall–Kier alpha value is -1.36. The first kappa shape index (κ1) is 77.7. The van der Waals surface area contributed by atoms with Gasteiger partial charge in [-0.15, -0.1) is 0 Å². The fourth-order valence-corrected chi connectivity index (χ4v) is 18.9. The van der Waals surface area contributed by atoms with Gasteiger partial charge in [0, 0.05) is 19.4 Å². The number of aliphatic hydroxyl groups excluding tert-OH is 20. The van der Waals surface area contributed by atoms with Crippen LogP contribution in [0.25, 0.3) is 0 Å². The van der Waals surface area contributed by atoms with Gasteiger partial charge in [-0.05, 0) is 104 Å². The fraction of sp³-hybridized carbons (Fsp3) is 1.00. The van der Waals surface area contributed by atoms with Crippen LogP contribution >= 0.6 is 0 Å². The molecule has 98 heavy (non-hydrogen) atoms. The van der Waals surface area contributed by atoms with E-state index in [2.05, 4.69) is 20.8 Å². The van der Waals surface area contributed by atoms with Gasteiger partial charge in [-0.3, -0.25) is 0 Å². The first-order valence-electron chi connectivity index (χ1n) is 34.8. The van der Waals surface area contributed by atoms with Crippen LogP contribution in [-0.4, -0.2) is 358 Å². The SMILES string of the molecule is COC1(CC[C@@H](C)CO[C@@H]2O[C@H](CO)[C@@H](O)[C@H](O)[C@H]2O)O[C@H]2C[C@H]3[C@@H]4CC[C@H]5C[C@@H](O[C@@H]6O[C@H](CO)[C@H](O[C@@H]7O[C@H](CO)[C@@H](O)[C@H](O[C@@H]8O[C@H](CO)[C@@H](O)[C@H](O)[C@H]8O)[C@H]7O[C@@H]7O[C@H](CO)[C@@H](O)[C@H](O[C@@H]8O[C@H](CO)[C@@H](O)[C@H](O)[C@H]8O)[C@H]7O)[C@H](O)[C@H]6O)CC[C@]5(C)[C@H]4CC[C@]3(C)[C@H]2[C@@H]1C. The summed E-state index contributed by atoms with van der Waals surface area (Å²) in [5.41, 5.74) is -0.0763. The third kappa shape index (κ3) is 14.3. The Balaban J connectivity index is 0.746. The third-order valence-electron chi connectivity index (χ3n) is 24.6. The molecule has 7 aliphatic heterocycles. The maximum absolute atomic E-state index is 12.1. The quantitative estimate of drug-likeness (QED) is 0.0423. The van der Waals surface area contributed by atoms with Crippen LogP contribution in [0.5, 0.6) is 0 Å². The molecule has 0 amide bonds. The van der Waals surface area contributed by atoms with Gasteiger partial charge in [0.15, 0.2) is 43.5 Å². The molecule has 0 spiro atoms.